The van der Waals surface area contributed by atoms with E-state index in [-0.39, 0.29) is 22.4 Å². The zero-order valence-electron chi connectivity index (χ0n) is 15.2. The molecule has 5 nitrogen and oxygen atoms in total. The molecule has 0 bridgehead atoms. The van der Waals surface area contributed by atoms with Gasteiger partial charge in [-0.25, -0.2) is 9.48 Å². The SMILES string of the molecule is CC1C(C(=O)O)=C(Cl)C=CC1c1cn(-c2ccccc2)nc1-c1ccncc1. The minimum atomic E-state index is -0.993. The van der Waals surface area contributed by atoms with Gasteiger partial charge in [-0.2, -0.15) is 5.10 Å². The minimum Gasteiger partial charge on any atom is -0.478 e. The van der Waals surface area contributed by atoms with Gasteiger partial charge >= 0.3 is 5.97 Å². The number of nitrogens with zero attached hydrogens (tertiary/aromatic N) is 3. The molecule has 1 N–H and O–H groups in total. The number of rotatable bonds is 4. The van der Waals surface area contributed by atoms with Crippen LogP contribution in [0.25, 0.3) is 16.9 Å². The summed E-state index contributed by atoms with van der Waals surface area (Å²) in [6.07, 6.45) is 9.04. The maximum atomic E-state index is 11.7. The number of allylic oxidation sites excluding steroid dienone is 3. The Labute approximate surface area is 167 Å². The molecule has 0 saturated carbocycles. The maximum Gasteiger partial charge on any atom is 0.333 e. The highest BCUT2D eigenvalue weighted by molar-refractivity contribution is 6.33. The molecule has 0 amide bonds. The fourth-order valence-electron chi connectivity index (χ4n) is 3.59. The van der Waals surface area contributed by atoms with Crippen LogP contribution in [0.15, 0.2) is 83.8 Å². The van der Waals surface area contributed by atoms with E-state index >= 15 is 0 Å². The van der Waals surface area contributed by atoms with E-state index in [0.29, 0.717) is 0 Å². The molecule has 6 heteroatoms. The summed E-state index contributed by atoms with van der Waals surface area (Å²) in [6, 6.07) is 13.6. The number of aliphatic carboxylic acids is 1. The number of carbonyl (C=O) groups is 1. The molecular formula is C22H18ClN3O2. The molecule has 2 heterocycles. The van der Waals surface area contributed by atoms with Gasteiger partial charge in [-0.1, -0.05) is 42.8 Å². The van der Waals surface area contributed by atoms with Crippen LogP contribution in [0.2, 0.25) is 0 Å². The maximum absolute atomic E-state index is 11.7. The first-order valence-corrected chi connectivity index (χ1v) is 9.30. The van der Waals surface area contributed by atoms with Gasteiger partial charge in [-0.3, -0.25) is 4.98 Å². The molecule has 1 aliphatic rings. The lowest BCUT2D eigenvalue weighted by Crippen LogP contribution is -2.20. The minimum absolute atomic E-state index is 0.158. The van der Waals surface area contributed by atoms with Crippen molar-refractivity contribution in [3.05, 3.63) is 89.4 Å². The van der Waals surface area contributed by atoms with Gasteiger partial charge in [0.2, 0.25) is 0 Å². The van der Waals surface area contributed by atoms with E-state index in [1.54, 1.807) is 18.5 Å². The second-order valence-corrected chi connectivity index (χ2v) is 7.10. The molecule has 28 heavy (non-hydrogen) atoms. The van der Waals surface area contributed by atoms with Crippen LogP contribution < -0.4 is 0 Å². The first-order chi connectivity index (χ1) is 13.6. The van der Waals surface area contributed by atoms with Gasteiger partial charge in [0.25, 0.3) is 0 Å². The summed E-state index contributed by atoms with van der Waals surface area (Å²) in [5.41, 5.74) is 3.83. The van der Waals surface area contributed by atoms with Crippen molar-refractivity contribution in [2.24, 2.45) is 5.92 Å². The van der Waals surface area contributed by atoms with Crippen molar-refractivity contribution in [3.63, 3.8) is 0 Å². The number of hydrogen-bond acceptors (Lipinski definition) is 3. The molecule has 0 saturated heterocycles. The summed E-state index contributed by atoms with van der Waals surface area (Å²) >= 11 is 6.17. The highest BCUT2D eigenvalue weighted by Gasteiger charge is 2.32. The molecule has 140 valence electrons. The van der Waals surface area contributed by atoms with E-state index in [1.807, 2.05) is 66.3 Å². The first-order valence-electron chi connectivity index (χ1n) is 8.93. The molecule has 1 aliphatic carbocycles. The summed E-state index contributed by atoms with van der Waals surface area (Å²) in [7, 11) is 0. The van der Waals surface area contributed by atoms with E-state index in [4.69, 9.17) is 16.7 Å². The number of carboxylic acids is 1. The molecule has 2 unspecified atom stereocenters. The standard InChI is InChI=1S/C22H18ClN3O2/c1-14-17(7-8-19(23)20(14)22(27)28)18-13-26(16-5-3-2-4-6-16)25-21(18)15-9-11-24-12-10-15/h2-14,17H,1H3,(H,27,28). The van der Waals surface area contributed by atoms with E-state index in [1.165, 1.54) is 0 Å². The van der Waals surface area contributed by atoms with Crippen molar-refractivity contribution in [2.45, 2.75) is 12.8 Å². The van der Waals surface area contributed by atoms with Crippen molar-refractivity contribution in [1.82, 2.24) is 14.8 Å². The lowest BCUT2D eigenvalue weighted by atomic mass is 9.79. The van der Waals surface area contributed by atoms with Crippen LogP contribution in [-0.2, 0) is 4.79 Å². The molecule has 0 fully saturated rings. The number of carboxylic acid groups (broad SMARTS) is 1. The zero-order valence-corrected chi connectivity index (χ0v) is 15.9. The Morgan fingerprint density at radius 1 is 1.14 bits per heavy atom. The third kappa shape index (κ3) is 3.25. The smallest absolute Gasteiger partial charge is 0.333 e. The highest BCUT2D eigenvalue weighted by Crippen LogP contribution is 2.41. The molecular weight excluding hydrogens is 374 g/mol. The Kier molecular flexibility index (Phi) is 4.84. The fraction of sp³-hybridized carbons (Fsp3) is 0.136. The van der Waals surface area contributed by atoms with Gasteiger partial charge in [-0.05, 0) is 30.3 Å². The third-order valence-corrected chi connectivity index (χ3v) is 5.34. The van der Waals surface area contributed by atoms with Gasteiger partial charge in [0.15, 0.2) is 0 Å². The van der Waals surface area contributed by atoms with E-state index in [9.17, 15) is 9.90 Å². The van der Waals surface area contributed by atoms with Crippen molar-refractivity contribution in [3.8, 4) is 16.9 Å². The van der Waals surface area contributed by atoms with Gasteiger partial charge in [0, 0.05) is 41.6 Å². The molecule has 2 aromatic heterocycles. The van der Waals surface area contributed by atoms with E-state index in [0.717, 1.165) is 22.5 Å². The summed E-state index contributed by atoms with van der Waals surface area (Å²) in [6.45, 7) is 1.89. The van der Waals surface area contributed by atoms with Crippen LogP contribution in [0.5, 0.6) is 0 Å². The van der Waals surface area contributed by atoms with Crippen LogP contribution in [0.1, 0.15) is 18.4 Å². The Morgan fingerprint density at radius 3 is 2.54 bits per heavy atom. The molecule has 0 radical (unpaired) electrons. The van der Waals surface area contributed by atoms with Gasteiger partial charge in [-0.15, -0.1) is 0 Å². The second-order valence-electron chi connectivity index (χ2n) is 6.69. The lowest BCUT2D eigenvalue weighted by molar-refractivity contribution is -0.133. The van der Waals surface area contributed by atoms with Crippen LogP contribution in [0.4, 0.5) is 0 Å². The molecule has 2 atom stereocenters. The highest BCUT2D eigenvalue weighted by atomic mass is 35.5. The van der Waals surface area contributed by atoms with Crippen molar-refractivity contribution < 1.29 is 9.90 Å². The van der Waals surface area contributed by atoms with Crippen molar-refractivity contribution in [1.29, 1.82) is 0 Å². The van der Waals surface area contributed by atoms with Crippen LogP contribution >= 0.6 is 11.6 Å². The van der Waals surface area contributed by atoms with Crippen molar-refractivity contribution >= 4 is 17.6 Å². The van der Waals surface area contributed by atoms with Crippen LogP contribution in [0, 0.1) is 5.92 Å². The summed E-state index contributed by atoms with van der Waals surface area (Å²) in [4.78, 5) is 15.8. The predicted molar refractivity (Wildman–Crippen MR) is 108 cm³/mol. The van der Waals surface area contributed by atoms with Gasteiger partial charge in [0.05, 0.1) is 22.0 Å². The molecule has 0 spiro atoms. The molecule has 1 aromatic carbocycles. The Hall–Kier alpha value is -3.18. The average Bonchev–Trinajstić information content (AvgIpc) is 3.14. The lowest BCUT2D eigenvalue weighted by Gasteiger charge is -2.25. The van der Waals surface area contributed by atoms with Gasteiger partial charge in [0.1, 0.15) is 0 Å². The van der Waals surface area contributed by atoms with Crippen LogP contribution in [-0.4, -0.2) is 25.8 Å². The normalized spacial score (nSPS) is 19.1. The third-order valence-electron chi connectivity index (χ3n) is 5.01. The predicted octanol–water partition coefficient (Wildman–Crippen LogP) is 4.80. The topological polar surface area (TPSA) is 68.0 Å². The van der Waals surface area contributed by atoms with E-state index < -0.39 is 5.97 Å². The summed E-state index contributed by atoms with van der Waals surface area (Å²) in [5.74, 6) is -1.44. The number of benzene rings is 1. The summed E-state index contributed by atoms with van der Waals surface area (Å²) in [5, 5.41) is 14.7. The largest absolute Gasteiger partial charge is 0.478 e. The Bertz CT molecular complexity index is 1070. The summed E-state index contributed by atoms with van der Waals surface area (Å²) < 4.78 is 1.83. The van der Waals surface area contributed by atoms with Gasteiger partial charge < -0.3 is 5.11 Å². The second kappa shape index (κ2) is 7.44. The molecule has 3 aromatic rings. The zero-order chi connectivity index (χ0) is 19.7. The number of hydrogen-bond donors (Lipinski definition) is 1. The Balaban J connectivity index is 1.86. The van der Waals surface area contributed by atoms with Crippen LogP contribution in [0.3, 0.4) is 0 Å². The Morgan fingerprint density at radius 2 is 1.86 bits per heavy atom. The number of pyridine rings is 1. The average molecular weight is 392 g/mol. The first kappa shape index (κ1) is 18.2. The quantitative estimate of drug-likeness (QED) is 0.693. The number of aromatic nitrogens is 3. The number of para-hydroxylation sites is 1. The van der Waals surface area contributed by atoms with E-state index in [2.05, 4.69) is 4.98 Å². The van der Waals surface area contributed by atoms with Crippen molar-refractivity contribution in [2.75, 3.05) is 0 Å². The molecule has 0 aliphatic heterocycles. The molecule has 4 rings (SSSR count). The number of halogens is 1. The monoisotopic (exact) mass is 391 g/mol. The fourth-order valence-corrected chi connectivity index (χ4v) is 3.92.